The Balaban J connectivity index is 2.37. The van der Waals surface area contributed by atoms with E-state index >= 15 is 0 Å². The van der Waals surface area contributed by atoms with Gasteiger partial charge in [-0.15, -0.1) is 6.58 Å². The molecule has 22 heavy (non-hydrogen) atoms. The average Bonchev–Trinajstić information content (AvgIpc) is 2.85. The Hall–Kier alpha value is -1.06. The molecule has 1 aliphatic carbocycles. The molecule has 0 heterocycles. The summed E-state index contributed by atoms with van der Waals surface area (Å²) in [5.74, 6) is 1.02. The van der Waals surface area contributed by atoms with E-state index in [0.29, 0.717) is 11.1 Å². The van der Waals surface area contributed by atoms with E-state index in [0.717, 1.165) is 36.6 Å². The third-order valence-corrected chi connectivity index (χ3v) is 10.8. The van der Waals surface area contributed by atoms with Crippen LogP contribution >= 0.6 is 0 Å². The lowest BCUT2D eigenvalue weighted by Crippen LogP contribution is -2.48. The molecule has 0 radical (unpaired) electrons. The smallest absolute Gasteiger partial charge is 0.256 e. The number of benzene rings is 1. The molecular weight excluding hydrogens is 288 g/mol. The van der Waals surface area contributed by atoms with Gasteiger partial charge >= 0.3 is 0 Å². The molecular formula is C19H30O2Si. The Kier molecular flexibility index (Phi) is 5.51. The van der Waals surface area contributed by atoms with E-state index in [1.165, 1.54) is 5.56 Å². The zero-order valence-corrected chi connectivity index (χ0v) is 15.4. The molecule has 0 spiro atoms. The predicted octanol–water partition coefficient (Wildman–Crippen LogP) is 5.39. The minimum Gasteiger partial charge on any atom is -0.543 e. The van der Waals surface area contributed by atoms with Crippen LogP contribution in [0.15, 0.2) is 30.9 Å². The van der Waals surface area contributed by atoms with E-state index in [-0.39, 0.29) is 6.10 Å². The van der Waals surface area contributed by atoms with Gasteiger partial charge in [-0.2, -0.15) is 0 Å². The highest BCUT2D eigenvalue weighted by atomic mass is 28.4. The molecule has 1 N–H and O–H groups in total. The number of fused-ring (bicyclic) bond motifs is 1. The van der Waals surface area contributed by atoms with Crippen molar-refractivity contribution >= 4 is 8.32 Å². The lowest BCUT2D eigenvalue weighted by Gasteiger charge is -2.39. The molecule has 1 aliphatic rings. The maximum Gasteiger partial charge on any atom is 0.256 e. The lowest BCUT2D eigenvalue weighted by molar-refractivity contribution is 0.180. The molecule has 1 unspecified atom stereocenters. The van der Waals surface area contributed by atoms with Crippen LogP contribution in [0.5, 0.6) is 5.75 Å². The Morgan fingerprint density at radius 3 is 2.59 bits per heavy atom. The highest BCUT2D eigenvalue weighted by Gasteiger charge is 2.44. The molecule has 0 amide bonds. The minimum atomic E-state index is -1.93. The van der Waals surface area contributed by atoms with Gasteiger partial charge in [0.2, 0.25) is 0 Å². The summed E-state index contributed by atoms with van der Waals surface area (Å²) in [6.07, 6.45) is 4.45. The van der Waals surface area contributed by atoms with Crippen LogP contribution in [0.4, 0.5) is 0 Å². The van der Waals surface area contributed by atoms with Gasteiger partial charge in [0.25, 0.3) is 8.32 Å². The van der Waals surface area contributed by atoms with Crippen molar-refractivity contribution in [2.45, 2.75) is 70.2 Å². The zero-order chi connectivity index (χ0) is 16.3. The quantitative estimate of drug-likeness (QED) is 0.540. The lowest BCUT2D eigenvalue weighted by atomic mass is 10.1. The van der Waals surface area contributed by atoms with Crippen LogP contribution in [0.3, 0.4) is 0 Å². The van der Waals surface area contributed by atoms with Crippen LogP contribution < -0.4 is 4.43 Å². The Morgan fingerprint density at radius 1 is 1.32 bits per heavy atom. The Labute approximate surface area is 136 Å². The summed E-state index contributed by atoms with van der Waals surface area (Å²) in [6, 6.07) is 7.27. The Bertz CT molecular complexity index is 514. The van der Waals surface area contributed by atoms with Crippen LogP contribution in [-0.2, 0) is 6.42 Å². The zero-order valence-electron chi connectivity index (χ0n) is 14.4. The molecule has 1 aromatic rings. The summed E-state index contributed by atoms with van der Waals surface area (Å²) in [7, 11) is -1.93. The number of hydrogen-bond acceptors (Lipinski definition) is 2. The highest BCUT2D eigenvalue weighted by Crippen LogP contribution is 2.43. The van der Waals surface area contributed by atoms with Gasteiger partial charge in [-0.25, -0.2) is 0 Å². The molecule has 0 saturated heterocycles. The van der Waals surface area contributed by atoms with Crippen molar-refractivity contribution in [2.24, 2.45) is 0 Å². The molecule has 1 aromatic carbocycles. The van der Waals surface area contributed by atoms with Crippen molar-refractivity contribution in [3.8, 4) is 5.75 Å². The minimum absolute atomic E-state index is 0.319. The van der Waals surface area contributed by atoms with Crippen molar-refractivity contribution in [1.29, 1.82) is 0 Å². The highest BCUT2D eigenvalue weighted by molar-refractivity contribution is 6.77. The van der Waals surface area contributed by atoms with E-state index in [9.17, 15) is 5.11 Å². The van der Waals surface area contributed by atoms with Gasteiger partial charge < -0.3 is 9.53 Å². The Morgan fingerprint density at radius 2 is 2.00 bits per heavy atom. The monoisotopic (exact) mass is 318 g/mol. The molecule has 0 aliphatic heterocycles. The van der Waals surface area contributed by atoms with Crippen molar-refractivity contribution in [1.82, 2.24) is 0 Å². The van der Waals surface area contributed by atoms with Crippen LogP contribution in [0.1, 0.15) is 57.8 Å². The third kappa shape index (κ3) is 3.16. The molecule has 3 heteroatoms. The first kappa shape index (κ1) is 17.3. The van der Waals surface area contributed by atoms with Crippen molar-refractivity contribution in [3.63, 3.8) is 0 Å². The number of hydrogen-bond donors (Lipinski definition) is 1. The summed E-state index contributed by atoms with van der Waals surface area (Å²) in [6.45, 7) is 13.1. The van der Waals surface area contributed by atoms with E-state index in [2.05, 4.69) is 40.3 Å². The van der Waals surface area contributed by atoms with Gasteiger partial charge in [0.05, 0.1) is 6.10 Å². The molecule has 0 saturated carbocycles. The van der Waals surface area contributed by atoms with Crippen molar-refractivity contribution < 1.29 is 9.53 Å². The maximum atomic E-state index is 10.1. The molecule has 1 atom stereocenters. The molecule has 0 bridgehead atoms. The first-order valence-corrected chi connectivity index (χ1v) is 10.8. The van der Waals surface area contributed by atoms with E-state index in [1.807, 2.05) is 18.2 Å². The summed E-state index contributed by atoms with van der Waals surface area (Å²) in [4.78, 5) is 0. The summed E-state index contributed by atoms with van der Waals surface area (Å²) >= 11 is 0. The first-order chi connectivity index (χ1) is 10.4. The first-order valence-electron chi connectivity index (χ1n) is 8.52. The van der Waals surface area contributed by atoms with Gasteiger partial charge in [-0.05, 0) is 53.6 Å². The third-order valence-electron chi connectivity index (χ3n) is 5.19. The average molecular weight is 319 g/mol. The normalized spacial score (nSPS) is 17.9. The standard InChI is InChI=1S/C19H30O2Si/c1-6-7-13-22(14(2)3,15(4)5)21-19-10-8-9-16-17(19)11-12-18(16)20/h6,8-10,14-15,18,20H,1,7,11-13H2,2-5H3. The van der Waals surface area contributed by atoms with E-state index in [1.54, 1.807) is 0 Å². The summed E-state index contributed by atoms with van der Waals surface area (Å²) in [5.41, 5.74) is 3.40. The second kappa shape index (κ2) is 7.01. The van der Waals surface area contributed by atoms with Crippen molar-refractivity contribution in [3.05, 3.63) is 42.0 Å². The van der Waals surface area contributed by atoms with Crippen molar-refractivity contribution in [2.75, 3.05) is 0 Å². The predicted molar refractivity (Wildman–Crippen MR) is 95.9 cm³/mol. The van der Waals surface area contributed by atoms with Crippen LogP contribution in [-0.4, -0.2) is 13.4 Å². The van der Waals surface area contributed by atoms with E-state index < -0.39 is 8.32 Å². The SMILES string of the molecule is C=CCC[Si](Oc1cccc2c1CCC2O)(C(C)C)C(C)C. The van der Waals surface area contributed by atoms with Crippen LogP contribution in [0.2, 0.25) is 17.1 Å². The fourth-order valence-corrected chi connectivity index (χ4v) is 8.08. The second-order valence-electron chi connectivity index (χ2n) is 7.07. The molecule has 122 valence electrons. The van der Waals surface area contributed by atoms with Gasteiger partial charge in [-0.3, -0.25) is 0 Å². The fourth-order valence-electron chi connectivity index (χ4n) is 3.76. The molecule has 2 nitrogen and oxygen atoms in total. The van der Waals surface area contributed by atoms with Gasteiger partial charge in [0, 0.05) is 0 Å². The van der Waals surface area contributed by atoms with Gasteiger partial charge in [-0.1, -0.05) is 45.9 Å². The maximum absolute atomic E-state index is 10.1. The molecule has 2 rings (SSSR count). The molecule has 0 fully saturated rings. The van der Waals surface area contributed by atoms with Crippen LogP contribution in [0, 0.1) is 0 Å². The fraction of sp³-hybridized carbons (Fsp3) is 0.579. The summed E-state index contributed by atoms with van der Waals surface area (Å²) < 4.78 is 6.80. The van der Waals surface area contributed by atoms with Gasteiger partial charge in [0.15, 0.2) is 0 Å². The number of allylic oxidation sites excluding steroid dienone is 1. The number of aliphatic hydroxyl groups is 1. The largest absolute Gasteiger partial charge is 0.543 e. The van der Waals surface area contributed by atoms with Gasteiger partial charge in [0.1, 0.15) is 5.75 Å². The number of aliphatic hydroxyl groups excluding tert-OH is 1. The summed E-state index contributed by atoms with van der Waals surface area (Å²) in [5, 5.41) is 10.1. The number of rotatable bonds is 7. The topological polar surface area (TPSA) is 29.5 Å². The second-order valence-corrected chi connectivity index (χ2v) is 12.0. The molecule has 0 aromatic heterocycles. The van der Waals surface area contributed by atoms with Crippen LogP contribution in [0.25, 0.3) is 0 Å². The van der Waals surface area contributed by atoms with E-state index in [4.69, 9.17) is 4.43 Å².